The van der Waals surface area contributed by atoms with Gasteiger partial charge in [0.05, 0.1) is 5.57 Å². The van der Waals surface area contributed by atoms with Crippen molar-refractivity contribution in [2.45, 2.75) is 68.7 Å². The van der Waals surface area contributed by atoms with Gasteiger partial charge in [-0.25, -0.2) is 9.48 Å². The maximum atomic E-state index is 13.9. The van der Waals surface area contributed by atoms with Crippen molar-refractivity contribution in [2.24, 2.45) is 0 Å². The standard InChI is InChI=1S/C33H33ClN4O3S/c1-22-29(31(39)41-26-12-6-3-7-13-26)30(27-14-8-9-15-28(27)40-20-23-16-18-25(34)19-17-23)38-32(35-22)36-33(37-38)42-21-24-10-4-2-5-11-24/h2,4-5,8-11,14-19,26,30H,3,6-7,12-13,20-21H2,1H3,(H,35,36,37). The first-order chi connectivity index (χ1) is 20.5. The van der Waals surface area contributed by atoms with Crippen molar-refractivity contribution in [1.82, 2.24) is 14.8 Å². The van der Waals surface area contributed by atoms with Gasteiger partial charge in [0.25, 0.3) is 0 Å². The molecule has 1 saturated carbocycles. The van der Waals surface area contributed by atoms with Crippen LogP contribution in [0, 0.1) is 0 Å². The summed E-state index contributed by atoms with van der Waals surface area (Å²) in [5, 5.41) is 9.53. The van der Waals surface area contributed by atoms with Gasteiger partial charge in [0, 0.05) is 22.0 Å². The van der Waals surface area contributed by atoms with E-state index in [9.17, 15) is 4.79 Å². The van der Waals surface area contributed by atoms with Gasteiger partial charge in [0.2, 0.25) is 11.1 Å². The average Bonchev–Trinajstić information content (AvgIpc) is 3.42. The van der Waals surface area contributed by atoms with Gasteiger partial charge < -0.3 is 14.8 Å². The number of allylic oxidation sites excluding steroid dienone is 1. The smallest absolute Gasteiger partial charge is 0.338 e. The minimum Gasteiger partial charge on any atom is -0.489 e. The van der Waals surface area contributed by atoms with Crippen LogP contribution in [-0.4, -0.2) is 26.8 Å². The molecule has 1 aromatic heterocycles. The topological polar surface area (TPSA) is 78.3 Å². The number of fused-ring (bicyclic) bond motifs is 1. The Labute approximate surface area is 255 Å². The van der Waals surface area contributed by atoms with Gasteiger partial charge in [-0.05, 0) is 61.9 Å². The van der Waals surface area contributed by atoms with E-state index in [2.05, 4.69) is 17.4 Å². The van der Waals surface area contributed by atoms with E-state index in [0.717, 1.165) is 42.6 Å². The Morgan fingerprint density at radius 2 is 1.71 bits per heavy atom. The van der Waals surface area contributed by atoms with E-state index < -0.39 is 6.04 Å². The molecule has 3 aromatic carbocycles. The molecule has 9 heteroatoms. The lowest BCUT2D eigenvalue weighted by atomic mass is 9.94. The third-order valence-electron chi connectivity index (χ3n) is 7.61. The van der Waals surface area contributed by atoms with Crippen LogP contribution in [0.5, 0.6) is 5.75 Å². The van der Waals surface area contributed by atoms with Crippen LogP contribution in [0.2, 0.25) is 5.02 Å². The van der Waals surface area contributed by atoms with Crippen LogP contribution in [0.1, 0.15) is 61.8 Å². The monoisotopic (exact) mass is 600 g/mol. The maximum Gasteiger partial charge on any atom is 0.338 e. The van der Waals surface area contributed by atoms with E-state index in [1.807, 2.05) is 73.7 Å². The second kappa shape index (κ2) is 13.0. The number of rotatable bonds is 9. The van der Waals surface area contributed by atoms with Crippen molar-refractivity contribution in [1.29, 1.82) is 0 Å². The quantitative estimate of drug-likeness (QED) is 0.154. The zero-order valence-corrected chi connectivity index (χ0v) is 25.0. The van der Waals surface area contributed by atoms with E-state index in [4.69, 9.17) is 31.2 Å². The van der Waals surface area contributed by atoms with E-state index in [1.165, 1.54) is 12.0 Å². The lowest BCUT2D eigenvalue weighted by molar-refractivity contribution is -0.146. The fourth-order valence-electron chi connectivity index (χ4n) is 5.44. The molecule has 2 heterocycles. The molecule has 1 aliphatic heterocycles. The van der Waals surface area contributed by atoms with E-state index in [0.29, 0.717) is 39.8 Å². The molecule has 1 aliphatic carbocycles. The molecule has 0 spiro atoms. The molecular weight excluding hydrogens is 568 g/mol. The Bertz CT molecular complexity index is 1570. The number of aromatic nitrogens is 3. The maximum absolute atomic E-state index is 13.9. The predicted molar refractivity (Wildman–Crippen MR) is 166 cm³/mol. The molecule has 4 aromatic rings. The van der Waals surface area contributed by atoms with Gasteiger partial charge >= 0.3 is 5.97 Å². The molecule has 2 aliphatic rings. The highest BCUT2D eigenvalue weighted by molar-refractivity contribution is 7.98. The van der Waals surface area contributed by atoms with Gasteiger partial charge in [-0.2, -0.15) is 4.98 Å². The van der Waals surface area contributed by atoms with Gasteiger partial charge in [-0.15, -0.1) is 5.10 Å². The molecule has 1 N–H and O–H groups in total. The summed E-state index contributed by atoms with van der Waals surface area (Å²) in [6.07, 6.45) is 5.06. The summed E-state index contributed by atoms with van der Waals surface area (Å²) in [6, 6.07) is 25.0. The van der Waals surface area contributed by atoms with E-state index in [1.54, 1.807) is 16.4 Å². The Morgan fingerprint density at radius 1 is 0.976 bits per heavy atom. The number of nitrogens with one attached hydrogen (secondary N) is 1. The first kappa shape index (κ1) is 28.4. The highest BCUT2D eigenvalue weighted by Gasteiger charge is 2.37. The Balaban J connectivity index is 1.34. The number of nitrogens with zero attached hydrogens (tertiary/aromatic N) is 3. The zero-order chi connectivity index (χ0) is 28.9. The summed E-state index contributed by atoms with van der Waals surface area (Å²) in [7, 11) is 0. The van der Waals surface area contributed by atoms with Crippen LogP contribution in [0.25, 0.3) is 0 Å². The molecule has 0 amide bonds. The second-order valence-electron chi connectivity index (χ2n) is 10.6. The normalized spacial score (nSPS) is 17.0. The predicted octanol–water partition coefficient (Wildman–Crippen LogP) is 7.97. The number of carbonyl (C=O) groups is 1. The Kier molecular flexibility index (Phi) is 8.81. The van der Waals surface area contributed by atoms with Crippen molar-refractivity contribution in [2.75, 3.05) is 5.32 Å². The number of ether oxygens (including phenoxy) is 2. The fraction of sp³-hybridized carbons (Fsp3) is 0.303. The molecule has 0 bridgehead atoms. The first-order valence-corrected chi connectivity index (χ1v) is 15.7. The summed E-state index contributed by atoms with van der Waals surface area (Å²) in [4.78, 5) is 18.7. The molecule has 216 valence electrons. The van der Waals surface area contributed by atoms with Crippen LogP contribution in [-0.2, 0) is 21.9 Å². The van der Waals surface area contributed by atoms with Crippen LogP contribution < -0.4 is 10.1 Å². The minimum atomic E-state index is -0.572. The van der Waals surface area contributed by atoms with E-state index in [-0.39, 0.29) is 12.1 Å². The van der Waals surface area contributed by atoms with E-state index >= 15 is 0 Å². The van der Waals surface area contributed by atoms with Gasteiger partial charge in [0.15, 0.2) is 0 Å². The molecule has 0 radical (unpaired) electrons. The lowest BCUT2D eigenvalue weighted by Gasteiger charge is -2.30. The summed E-state index contributed by atoms with van der Waals surface area (Å²) in [6.45, 7) is 2.25. The SMILES string of the molecule is CC1=C(C(=O)OC2CCCCC2)C(c2ccccc2OCc2ccc(Cl)cc2)n2nc(SCc3ccccc3)nc2N1. The molecular formula is C33H33ClN4O3S. The van der Waals surface area contributed by atoms with Crippen molar-refractivity contribution >= 4 is 35.3 Å². The lowest BCUT2D eigenvalue weighted by Crippen LogP contribution is -2.32. The molecule has 1 unspecified atom stereocenters. The first-order valence-electron chi connectivity index (χ1n) is 14.3. The molecule has 42 heavy (non-hydrogen) atoms. The molecule has 0 saturated heterocycles. The third-order valence-corrected chi connectivity index (χ3v) is 8.77. The number of anilines is 1. The van der Waals surface area contributed by atoms with Crippen LogP contribution in [0.15, 0.2) is 95.3 Å². The van der Waals surface area contributed by atoms with Gasteiger partial charge in [-0.1, -0.05) is 90.4 Å². The number of para-hydroxylation sites is 1. The highest BCUT2D eigenvalue weighted by atomic mass is 35.5. The average molecular weight is 601 g/mol. The van der Waals surface area contributed by atoms with Crippen molar-refractivity contribution in [3.8, 4) is 5.75 Å². The molecule has 1 fully saturated rings. The number of esters is 1. The number of hydrogen-bond donors (Lipinski definition) is 1. The van der Waals surface area contributed by atoms with Gasteiger partial charge in [-0.3, -0.25) is 0 Å². The van der Waals surface area contributed by atoms with Crippen LogP contribution in [0.4, 0.5) is 5.95 Å². The summed E-state index contributed by atoms with van der Waals surface area (Å²) < 4.78 is 14.2. The van der Waals surface area contributed by atoms with Crippen molar-refractivity contribution in [3.63, 3.8) is 0 Å². The van der Waals surface area contributed by atoms with Crippen molar-refractivity contribution < 1.29 is 14.3 Å². The minimum absolute atomic E-state index is 0.0715. The summed E-state index contributed by atoms with van der Waals surface area (Å²) in [5.74, 6) is 1.65. The number of carbonyl (C=O) groups excluding carboxylic acids is 1. The molecule has 6 rings (SSSR count). The van der Waals surface area contributed by atoms with Crippen LogP contribution >= 0.6 is 23.4 Å². The number of benzene rings is 3. The number of hydrogen-bond acceptors (Lipinski definition) is 7. The molecule has 7 nitrogen and oxygen atoms in total. The third kappa shape index (κ3) is 6.50. The largest absolute Gasteiger partial charge is 0.489 e. The second-order valence-corrected chi connectivity index (χ2v) is 12.0. The van der Waals surface area contributed by atoms with Crippen LogP contribution in [0.3, 0.4) is 0 Å². The number of halogens is 1. The van der Waals surface area contributed by atoms with Gasteiger partial charge in [0.1, 0.15) is 24.5 Å². The zero-order valence-electron chi connectivity index (χ0n) is 23.5. The van der Waals surface area contributed by atoms with Crippen molar-refractivity contribution in [3.05, 3.63) is 112 Å². The Hall–Kier alpha value is -3.75. The summed E-state index contributed by atoms with van der Waals surface area (Å²) >= 11 is 7.64. The molecule has 1 atom stereocenters. The number of thioether (sulfide) groups is 1. The fourth-order valence-corrected chi connectivity index (χ4v) is 6.35. The summed E-state index contributed by atoms with van der Waals surface area (Å²) in [5.41, 5.74) is 4.21. The Morgan fingerprint density at radius 3 is 2.50 bits per heavy atom. The highest BCUT2D eigenvalue weighted by Crippen LogP contribution is 2.41.